The molecule has 1 aromatic heterocycles. The second-order valence-electron chi connectivity index (χ2n) is 4.47. The molecule has 0 saturated carbocycles. The van der Waals surface area contributed by atoms with Crippen LogP contribution in [0.2, 0.25) is 0 Å². The molecule has 0 aliphatic rings. The van der Waals surface area contributed by atoms with Crippen LogP contribution in [0.15, 0.2) is 53.9 Å². The lowest BCUT2D eigenvalue weighted by atomic mass is 10.2. The number of rotatable bonds is 4. The molecule has 0 aliphatic carbocycles. The van der Waals surface area contributed by atoms with Gasteiger partial charge < -0.3 is 5.32 Å². The van der Waals surface area contributed by atoms with Gasteiger partial charge in [0.15, 0.2) is 0 Å². The summed E-state index contributed by atoms with van der Waals surface area (Å²) in [7, 11) is 0. The molecule has 0 saturated heterocycles. The minimum atomic E-state index is -0.476. The summed E-state index contributed by atoms with van der Waals surface area (Å²) in [6.07, 6.45) is 0. The molecule has 2 nitrogen and oxygen atoms in total. The van der Waals surface area contributed by atoms with Crippen LogP contribution in [0.3, 0.4) is 0 Å². The Hall–Kier alpha value is -2.27. The van der Waals surface area contributed by atoms with E-state index in [0.29, 0.717) is 6.54 Å². The Morgan fingerprint density at radius 2 is 1.86 bits per heavy atom. The van der Waals surface area contributed by atoms with Crippen molar-refractivity contribution in [3.05, 3.63) is 70.6 Å². The molecule has 0 atom stereocenters. The lowest BCUT2D eigenvalue weighted by Crippen LogP contribution is -2.01. The van der Waals surface area contributed by atoms with Gasteiger partial charge in [-0.05, 0) is 18.2 Å². The van der Waals surface area contributed by atoms with Gasteiger partial charge in [0.1, 0.15) is 16.6 Å². The molecule has 0 unspecified atom stereocenters. The summed E-state index contributed by atoms with van der Waals surface area (Å²) < 4.78 is 26.6. The Balaban J connectivity index is 1.72. The van der Waals surface area contributed by atoms with Crippen molar-refractivity contribution in [3.8, 4) is 11.3 Å². The van der Waals surface area contributed by atoms with E-state index < -0.39 is 11.6 Å². The molecule has 21 heavy (non-hydrogen) atoms. The zero-order valence-electron chi connectivity index (χ0n) is 11.0. The van der Waals surface area contributed by atoms with Crippen LogP contribution in [0.4, 0.5) is 14.5 Å². The standard InChI is InChI=1S/C16H12F2N2S/c17-12-6-7-13(18)14(8-12)19-9-16-20-15(10-21-16)11-4-2-1-3-5-11/h1-8,10,19H,9H2. The van der Waals surface area contributed by atoms with Gasteiger partial charge in [-0.2, -0.15) is 0 Å². The molecule has 2 aromatic carbocycles. The predicted octanol–water partition coefficient (Wildman–Crippen LogP) is 4.70. The predicted molar refractivity (Wildman–Crippen MR) is 81.2 cm³/mol. The topological polar surface area (TPSA) is 24.9 Å². The van der Waals surface area contributed by atoms with E-state index in [1.807, 2.05) is 35.7 Å². The summed E-state index contributed by atoms with van der Waals surface area (Å²) in [4.78, 5) is 4.49. The van der Waals surface area contributed by atoms with Gasteiger partial charge in [0.2, 0.25) is 0 Å². The van der Waals surface area contributed by atoms with Gasteiger partial charge in [0, 0.05) is 10.9 Å². The highest BCUT2D eigenvalue weighted by atomic mass is 32.1. The SMILES string of the molecule is Fc1ccc(F)c(NCc2nc(-c3ccccc3)cs2)c1. The first kappa shape index (κ1) is 13.7. The molecule has 0 aliphatic heterocycles. The van der Waals surface area contributed by atoms with Crippen LogP contribution in [-0.2, 0) is 6.54 Å². The minimum absolute atomic E-state index is 0.145. The van der Waals surface area contributed by atoms with E-state index in [2.05, 4.69) is 10.3 Å². The number of hydrogen-bond acceptors (Lipinski definition) is 3. The molecule has 106 valence electrons. The Bertz CT molecular complexity index is 741. The molecular weight excluding hydrogens is 290 g/mol. The van der Waals surface area contributed by atoms with E-state index in [0.717, 1.165) is 34.5 Å². The van der Waals surface area contributed by atoms with Crippen molar-refractivity contribution in [3.63, 3.8) is 0 Å². The summed E-state index contributed by atoms with van der Waals surface area (Å²) in [6, 6.07) is 13.2. The van der Waals surface area contributed by atoms with Crippen molar-refractivity contribution in [2.75, 3.05) is 5.32 Å². The molecular formula is C16H12F2N2S. The van der Waals surface area contributed by atoms with Crippen molar-refractivity contribution in [1.82, 2.24) is 4.98 Å². The summed E-state index contributed by atoms with van der Waals surface area (Å²) in [5, 5.41) is 5.64. The molecule has 1 heterocycles. The molecule has 1 N–H and O–H groups in total. The van der Waals surface area contributed by atoms with Crippen molar-refractivity contribution >= 4 is 17.0 Å². The zero-order chi connectivity index (χ0) is 14.7. The maximum absolute atomic E-state index is 13.5. The van der Waals surface area contributed by atoms with E-state index in [1.165, 1.54) is 11.3 Å². The van der Waals surface area contributed by atoms with Crippen LogP contribution in [-0.4, -0.2) is 4.98 Å². The van der Waals surface area contributed by atoms with Gasteiger partial charge in [0.05, 0.1) is 17.9 Å². The third kappa shape index (κ3) is 3.25. The first-order valence-electron chi connectivity index (χ1n) is 6.41. The number of anilines is 1. The van der Waals surface area contributed by atoms with Crippen LogP contribution in [0, 0.1) is 11.6 Å². The second kappa shape index (κ2) is 6.01. The summed E-state index contributed by atoms with van der Waals surface area (Å²) >= 11 is 1.48. The zero-order valence-corrected chi connectivity index (χ0v) is 11.8. The summed E-state index contributed by atoms with van der Waals surface area (Å²) in [6.45, 7) is 0.359. The fraction of sp³-hybridized carbons (Fsp3) is 0.0625. The van der Waals surface area contributed by atoms with Crippen LogP contribution in [0.5, 0.6) is 0 Å². The highest BCUT2D eigenvalue weighted by Crippen LogP contribution is 2.23. The van der Waals surface area contributed by atoms with E-state index >= 15 is 0 Å². The molecule has 0 spiro atoms. The van der Waals surface area contributed by atoms with Crippen LogP contribution in [0.1, 0.15) is 5.01 Å². The van der Waals surface area contributed by atoms with Gasteiger partial charge >= 0.3 is 0 Å². The molecule has 0 fully saturated rings. The Kier molecular flexibility index (Phi) is 3.92. The molecule has 3 rings (SSSR count). The third-order valence-corrected chi connectivity index (χ3v) is 3.83. The Labute approximate surface area is 125 Å². The Morgan fingerprint density at radius 1 is 1.05 bits per heavy atom. The second-order valence-corrected chi connectivity index (χ2v) is 5.41. The van der Waals surface area contributed by atoms with Crippen LogP contribution in [0.25, 0.3) is 11.3 Å². The fourth-order valence-corrected chi connectivity index (χ4v) is 2.68. The number of benzene rings is 2. The number of nitrogens with zero attached hydrogens (tertiary/aromatic N) is 1. The molecule has 0 amide bonds. The minimum Gasteiger partial charge on any atom is -0.376 e. The molecule has 0 radical (unpaired) electrons. The maximum Gasteiger partial charge on any atom is 0.146 e. The smallest absolute Gasteiger partial charge is 0.146 e. The number of nitrogens with one attached hydrogen (secondary N) is 1. The molecule has 5 heteroatoms. The first-order valence-corrected chi connectivity index (χ1v) is 7.29. The normalized spacial score (nSPS) is 10.6. The van der Waals surface area contributed by atoms with Gasteiger partial charge in [-0.15, -0.1) is 11.3 Å². The van der Waals surface area contributed by atoms with Gasteiger partial charge in [-0.3, -0.25) is 0 Å². The third-order valence-electron chi connectivity index (χ3n) is 2.98. The largest absolute Gasteiger partial charge is 0.376 e. The Morgan fingerprint density at radius 3 is 2.67 bits per heavy atom. The highest BCUT2D eigenvalue weighted by Gasteiger charge is 2.07. The molecule has 0 bridgehead atoms. The van der Waals surface area contributed by atoms with E-state index in [4.69, 9.17) is 0 Å². The average molecular weight is 302 g/mol. The number of aromatic nitrogens is 1. The van der Waals surface area contributed by atoms with Crippen molar-refractivity contribution in [2.45, 2.75) is 6.54 Å². The van der Waals surface area contributed by atoms with Crippen molar-refractivity contribution < 1.29 is 8.78 Å². The summed E-state index contributed by atoms with van der Waals surface area (Å²) in [5.41, 5.74) is 2.07. The highest BCUT2D eigenvalue weighted by molar-refractivity contribution is 7.09. The van der Waals surface area contributed by atoms with Gasteiger partial charge in [-0.1, -0.05) is 30.3 Å². The van der Waals surface area contributed by atoms with Crippen LogP contribution >= 0.6 is 11.3 Å². The first-order chi connectivity index (χ1) is 10.2. The van der Waals surface area contributed by atoms with E-state index in [9.17, 15) is 8.78 Å². The number of halogens is 2. The van der Waals surface area contributed by atoms with Gasteiger partial charge in [0.25, 0.3) is 0 Å². The summed E-state index contributed by atoms with van der Waals surface area (Å²) in [5.74, 6) is -0.945. The lowest BCUT2D eigenvalue weighted by Gasteiger charge is -2.05. The number of hydrogen-bond donors (Lipinski definition) is 1. The average Bonchev–Trinajstić information content (AvgIpc) is 2.98. The number of thiazole rings is 1. The lowest BCUT2D eigenvalue weighted by molar-refractivity contribution is 0.602. The van der Waals surface area contributed by atoms with E-state index in [1.54, 1.807) is 0 Å². The van der Waals surface area contributed by atoms with Gasteiger partial charge in [-0.25, -0.2) is 13.8 Å². The maximum atomic E-state index is 13.5. The fourth-order valence-electron chi connectivity index (χ4n) is 1.94. The monoisotopic (exact) mass is 302 g/mol. The molecule has 3 aromatic rings. The van der Waals surface area contributed by atoms with E-state index in [-0.39, 0.29) is 5.69 Å². The van der Waals surface area contributed by atoms with Crippen LogP contribution < -0.4 is 5.32 Å². The van der Waals surface area contributed by atoms with Crippen molar-refractivity contribution in [2.24, 2.45) is 0 Å². The quantitative estimate of drug-likeness (QED) is 0.755. The van der Waals surface area contributed by atoms with Crippen molar-refractivity contribution in [1.29, 1.82) is 0 Å².